The standard InChI is InChI=1S/C24H19N3O7S/c1-2-34-18(28)12-16-13-35-24(25-16)26-20(15-9-6-10-17(11-15)27(32)33)19(22(30)23(26)31)21(29)14-7-4-3-5-8-14/h3-11,13,20,29H,2,12H2,1H3. The summed E-state index contributed by atoms with van der Waals surface area (Å²) >= 11 is 1.03. The number of esters is 1. The van der Waals surface area contributed by atoms with E-state index in [0.717, 1.165) is 16.2 Å². The maximum atomic E-state index is 13.2. The minimum atomic E-state index is -1.17. The van der Waals surface area contributed by atoms with Crippen LogP contribution < -0.4 is 4.90 Å². The number of anilines is 1. The van der Waals surface area contributed by atoms with Gasteiger partial charge in [-0.3, -0.25) is 29.4 Å². The first-order valence-corrected chi connectivity index (χ1v) is 11.4. The predicted molar refractivity (Wildman–Crippen MR) is 127 cm³/mol. The van der Waals surface area contributed by atoms with Gasteiger partial charge in [-0.1, -0.05) is 42.5 Å². The van der Waals surface area contributed by atoms with Gasteiger partial charge in [-0.2, -0.15) is 0 Å². The lowest BCUT2D eigenvalue weighted by Crippen LogP contribution is -2.29. The van der Waals surface area contributed by atoms with Gasteiger partial charge in [0.1, 0.15) is 5.76 Å². The van der Waals surface area contributed by atoms with Crippen molar-refractivity contribution in [2.45, 2.75) is 19.4 Å². The molecule has 1 unspecified atom stereocenters. The summed E-state index contributed by atoms with van der Waals surface area (Å²) in [6, 6.07) is 12.5. The molecule has 11 heteroatoms. The Morgan fingerprint density at radius 3 is 2.63 bits per heavy atom. The van der Waals surface area contributed by atoms with E-state index in [1.54, 1.807) is 42.6 Å². The van der Waals surface area contributed by atoms with Crippen LogP contribution in [0.3, 0.4) is 0 Å². The zero-order chi connectivity index (χ0) is 25.1. The summed E-state index contributed by atoms with van der Waals surface area (Å²) in [4.78, 5) is 54.4. The number of hydrogen-bond acceptors (Lipinski definition) is 9. The summed E-state index contributed by atoms with van der Waals surface area (Å²) in [6.45, 7) is 1.88. The summed E-state index contributed by atoms with van der Waals surface area (Å²) in [5.74, 6) is -2.81. The Kier molecular flexibility index (Phi) is 6.69. The van der Waals surface area contributed by atoms with Crippen LogP contribution in [0, 0.1) is 10.1 Å². The van der Waals surface area contributed by atoms with Gasteiger partial charge >= 0.3 is 11.9 Å². The Hall–Kier alpha value is -4.38. The highest BCUT2D eigenvalue weighted by atomic mass is 32.1. The molecule has 0 radical (unpaired) electrons. The van der Waals surface area contributed by atoms with Gasteiger partial charge < -0.3 is 9.84 Å². The van der Waals surface area contributed by atoms with Crippen molar-refractivity contribution in [3.8, 4) is 0 Å². The molecule has 1 N–H and O–H groups in total. The molecule has 1 atom stereocenters. The SMILES string of the molecule is CCOC(=O)Cc1csc(N2C(=O)C(=O)C(=C(O)c3ccccc3)C2c2cccc([N+](=O)[O-])c2)n1. The molecule has 1 aliphatic rings. The van der Waals surface area contributed by atoms with Crippen molar-refractivity contribution in [1.29, 1.82) is 0 Å². The fraction of sp³-hybridized carbons (Fsp3) is 0.167. The quantitative estimate of drug-likeness (QED) is 0.131. The summed E-state index contributed by atoms with van der Waals surface area (Å²) in [5, 5.41) is 24.1. The monoisotopic (exact) mass is 493 g/mol. The Morgan fingerprint density at radius 1 is 1.20 bits per heavy atom. The number of nitro groups is 1. The van der Waals surface area contributed by atoms with Crippen molar-refractivity contribution in [2.75, 3.05) is 11.5 Å². The molecule has 1 aliphatic heterocycles. The number of amides is 1. The number of ether oxygens (including phenoxy) is 1. The third-order valence-electron chi connectivity index (χ3n) is 5.26. The molecule has 1 fully saturated rings. The van der Waals surface area contributed by atoms with E-state index in [-0.39, 0.29) is 35.0 Å². The van der Waals surface area contributed by atoms with Gasteiger partial charge in [0.2, 0.25) is 0 Å². The van der Waals surface area contributed by atoms with Gasteiger partial charge in [0.05, 0.1) is 35.3 Å². The van der Waals surface area contributed by atoms with Gasteiger partial charge in [0, 0.05) is 23.1 Å². The van der Waals surface area contributed by atoms with E-state index in [9.17, 15) is 29.6 Å². The van der Waals surface area contributed by atoms with Crippen LogP contribution in [0.2, 0.25) is 0 Å². The van der Waals surface area contributed by atoms with Crippen LogP contribution in [-0.2, 0) is 25.5 Å². The molecular formula is C24H19N3O7S. The first-order chi connectivity index (χ1) is 16.8. The minimum absolute atomic E-state index is 0.106. The van der Waals surface area contributed by atoms with Crippen LogP contribution >= 0.6 is 11.3 Å². The molecule has 2 aromatic carbocycles. The minimum Gasteiger partial charge on any atom is -0.507 e. The number of non-ortho nitro benzene ring substituents is 1. The molecule has 0 saturated carbocycles. The highest BCUT2D eigenvalue weighted by molar-refractivity contribution is 7.14. The van der Waals surface area contributed by atoms with E-state index in [1.807, 2.05) is 0 Å². The lowest BCUT2D eigenvalue weighted by molar-refractivity contribution is -0.384. The number of thiazole rings is 1. The van der Waals surface area contributed by atoms with Crippen molar-refractivity contribution in [3.05, 3.63) is 92.5 Å². The smallest absolute Gasteiger partial charge is 0.311 e. The molecule has 178 valence electrons. The third kappa shape index (κ3) is 4.66. The number of carbonyl (C=O) groups is 3. The normalized spacial score (nSPS) is 16.9. The second-order valence-electron chi connectivity index (χ2n) is 7.49. The van der Waals surface area contributed by atoms with Crippen LogP contribution in [0.25, 0.3) is 5.76 Å². The molecule has 3 aromatic rings. The largest absolute Gasteiger partial charge is 0.507 e. The van der Waals surface area contributed by atoms with E-state index in [4.69, 9.17) is 4.74 Å². The lowest BCUT2D eigenvalue weighted by Gasteiger charge is -2.22. The Morgan fingerprint density at radius 2 is 1.94 bits per heavy atom. The highest BCUT2D eigenvalue weighted by Crippen LogP contribution is 2.43. The van der Waals surface area contributed by atoms with Crippen LogP contribution in [0.5, 0.6) is 0 Å². The number of aliphatic hydroxyl groups is 1. The molecule has 10 nitrogen and oxygen atoms in total. The number of carbonyl (C=O) groups excluding carboxylic acids is 3. The van der Waals surface area contributed by atoms with Crippen molar-refractivity contribution < 1.29 is 29.2 Å². The number of Topliss-reactive ketones (excluding diaryl/α,β-unsaturated/α-hetero) is 1. The van der Waals surface area contributed by atoms with Crippen LogP contribution in [0.4, 0.5) is 10.8 Å². The van der Waals surface area contributed by atoms with E-state index < -0.39 is 34.4 Å². The number of nitrogens with zero attached hydrogens (tertiary/aromatic N) is 3. The molecule has 0 aliphatic carbocycles. The fourth-order valence-corrected chi connectivity index (χ4v) is 4.60. The second-order valence-corrected chi connectivity index (χ2v) is 8.33. The Balaban J connectivity index is 1.86. The maximum Gasteiger partial charge on any atom is 0.311 e. The Bertz CT molecular complexity index is 1350. The average molecular weight is 493 g/mol. The van der Waals surface area contributed by atoms with Gasteiger partial charge in [0.15, 0.2) is 5.13 Å². The highest BCUT2D eigenvalue weighted by Gasteiger charge is 2.48. The number of nitro benzene ring substituents is 1. The van der Waals surface area contributed by atoms with Crippen LogP contribution in [0.1, 0.15) is 29.8 Å². The molecule has 1 aromatic heterocycles. The van der Waals surface area contributed by atoms with Crippen molar-refractivity contribution in [2.24, 2.45) is 0 Å². The first kappa shape index (κ1) is 23.8. The zero-order valence-corrected chi connectivity index (χ0v) is 19.2. The number of rotatable bonds is 7. The van der Waals surface area contributed by atoms with Crippen molar-refractivity contribution in [1.82, 2.24) is 4.98 Å². The van der Waals surface area contributed by atoms with Crippen molar-refractivity contribution >= 4 is 45.6 Å². The Labute approximate surface area is 203 Å². The van der Waals surface area contributed by atoms with E-state index in [0.29, 0.717) is 11.3 Å². The summed E-state index contributed by atoms with van der Waals surface area (Å²) < 4.78 is 4.93. The van der Waals surface area contributed by atoms with Gasteiger partial charge in [-0.25, -0.2) is 4.98 Å². The zero-order valence-electron chi connectivity index (χ0n) is 18.4. The topological polar surface area (TPSA) is 140 Å². The molecule has 2 heterocycles. The number of benzene rings is 2. The average Bonchev–Trinajstić information content (AvgIpc) is 3.41. The molecule has 1 saturated heterocycles. The van der Waals surface area contributed by atoms with Crippen LogP contribution in [0.15, 0.2) is 65.6 Å². The third-order valence-corrected chi connectivity index (χ3v) is 6.15. The van der Waals surface area contributed by atoms with Crippen molar-refractivity contribution in [3.63, 3.8) is 0 Å². The van der Waals surface area contributed by atoms with E-state index in [2.05, 4.69) is 4.98 Å². The molecule has 4 rings (SSSR count). The maximum absolute atomic E-state index is 13.2. The number of aliphatic hydroxyl groups excluding tert-OH is 1. The summed E-state index contributed by atoms with van der Waals surface area (Å²) in [5.41, 5.74) is 0.436. The second kappa shape index (κ2) is 9.85. The molecular weight excluding hydrogens is 474 g/mol. The number of aromatic nitrogens is 1. The van der Waals surface area contributed by atoms with Gasteiger partial charge in [-0.05, 0) is 12.5 Å². The van der Waals surface area contributed by atoms with Gasteiger partial charge in [0.25, 0.3) is 11.5 Å². The van der Waals surface area contributed by atoms with E-state index >= 15 is 0 Å². The summed E-state index contributed by atoms with van der Waals surface area (Å²) in [7, 11) is 0. The van der Waals surface area contributed by atoms with Gasteiger partial charge in [-0.15, -0.1) is 11.3 Å². The van der Waals surface area contributed by atoms with E-state index in [1.165, 1.54) is 24.3 Å². The lowest BCUT2D eigenvalue weighted by atomic mass is 9.95. The molecule has 35 heavy (non-hydrogen) atoms. The molecule has 0 spiro atoms. The number of hydrogen-bond donors (Lipinski definition) is 1. The molecule has 1 amide bonds. The summed E-state index contributed by atoms with van der Waals surface area (Å²) in [6.07, 6.45) is -0.125. The fourth-order valence-electron chi connectivity index (χ4n) is 3.75. The predicted octanol–water partition coefficient (Wildman–Crippen LogP) is 3.78. The first-order valence-electron chi connectivity index (χ1n) is 10.5. The molecule has 0 bridgehead atoms. The van der Waals surface area contributed by atoms with Crippen LogP contribution in [-0.4, -0.2) is 39.3 Å². The number of ketones is 1.